The molecule has 1 aromatic carbocycles. The van der Waals surface area contributed by atoms with Crippen molar-refractivity contribution in [3.05, 3.63) is 106 Å². The van der Waals surface area contributed by atoms with Crippen LogP contribution in [0.2, 0.25) is 5.02 Å². The first kappa shape index (κ1) is 33.6. The van der Waals surface area contributed by atoms with Crippen molar-refractivity contribution in [2.24, 2.45) is 5.92 Å². The Morgan fingerprint density at radius 3 is 2.29 bits per heavy atom. The van der Waals surface area contributed by atoms with E-state index in [-0.39, 0.29) is 0 Å². The number of rotatable bonds is 12. The summed E-state index contributed by atoms with van der Waals surface area (Å²) in [5.74, 6) is 0.833. The highest BCUT2D eigenvalue weighted by Crippen LogP contribution is 2.27. The summed E-state index contributed by atoms with van der Waals surface area (Å²) in [5, 5.41) is 4.72. The number of halogens is 1. The Hall–Kier alpha value is -2.45. The quantitative estimate of drug-likeness (QED) is 0.267. The number of benzene rings is 1. The number of allylic oxidation sites excluding steroid dienone is 10. The largest absolute Gasteiger partial charge is 0.384 e. The fourth-order valence-electron chi connectivity index (χ4n) is 4.24. The molecule has 0 aliphatic heterocycles. The first-order chi connectivity index (χ1) is 18.2. The van der Waals surface area contributed by atoms with Crippen molar-refractivity contribution in [2.45, 2.75) is 100 Å². The highest BCUT2D eigenvalue weighted by Gasteiger charge is 2.20. The zero-order valence-electron chi connectivity index (χ0n) is 25.6. The van der Waals surface area contributed by atoms with Crippen LogP contribution in [0.4, 0.5) is 0 Å². The standard InChI is InChI=1S/C31H43ClN2.C4H10/c1-7-11-17-29(15-9-3)34(31-18-13-12-16-25(31)6)23-27(10-4)33-28(14-8-2)22-26-20-19-24(5)21-30(26)32;1-4(2)3/h7,9,11,14-21,27,33H,8,10,12-13,22-23H2,1-6H3;4H,1-3H3/b11-7-,15-9-,28-14?,29-17+;. The maximum atomic E-state index is 6.57. The van der Waals surface area contributed by atoms with Gasteiger partial charge in [0.25, 0.3) is 0 Å². The van der Waals surface area contributed by atoms with Gasteiger partial charge in [-0.25, -0.2) is 0 Å². The lowest BCUT2D eigenvalue weighted by atomic mass is 10.0. The van der Waals surface area contributed by atoms with E-state index in [0.717, 1.165) is 49.6 Å². The minimum Gasteiger partial charge on any atom is -0.384 e. The van der Waals surface area contributed by atoms with Gasteiger partial charge in [-0.05, 0) is 94.2 Å². The summed E-state index contributed by atoms with van der Waals surface area (Å²) in [4.78, 5) is 2.48. The van der Waals surface area contributed by atoms with Crippen LogP contribution >= 0.6 is 11.6 Å². The summed E-state index contributed by atoms with van der Waals surface area (Å²) in [7, 11) is 0. The van der Waals surface area contributed by atoms with Gasteiger partial charge in [0, 0.05) is 41.1 Å². The Bertz CT molecular complexity index is 1020. The molecule has 0 heterocycles. The second kappa shape index (κ2) is 18.7. The van der Waals surface area contributed by atoms with Crippen LogP contribution in [0.3, 0.4) is 0 Å². The molecule has 1 N–H and O–H groups in total. The van der Waals surface area contributed by atoms with Gasteiger partial charge >= 0.3 is 0 Å². The van der Waals surface area contributed by atoms with Crippen LogP contribution in [0.25, 0.3) is 0 Å². The normalized spacial score (nSPS) is 15.3. The molecular weight excluding hydrogens is 484 g/mol. The first-order valence-electron chi connectivity index (χ1n) is 14.5. The molecule has 3 heteroatoms. The molecule has 2 rings (SSSR count). The fourth-order valence-corrected chi connectivity index (χ4v) is 4.54. The molecule has 1 aromatic rings. The van der Waals surface area contributed by atoms with Crippen LogP contribution in [0.1, 0.15) is 92.2 Å². The molecule has 0 bridgehead atoms. The lowest BCUT2D eigenvalue weighted by molar-refractivity contribution is 0.366. The lowest BCUT2D eigenvalue weighted by Gasteiger charge is -2.34. The first-order valence-corrected chi connectivity index (χ1v) is 14.8. The van der Waals surface area contributed by atoms with E-state index in [4.69, 9.17) is 11.6 Å². The molecule has 0 radical (unpaired) electrons. The summed E-state index contributed by atoms with van der Waals surface area (Å²) in [6.45, 7) is 20.3. The highest BCUT2D eigenvalue weighted by atomic mass is 35.5. The summed E-state index contributed by atoms with van der Waals surface area (Å²) in [6, 6.07) is 6.65. The Morgan fingerprint density at radius 1 is 1.05 bits per heavy atom. The second-order valence-electron chi connectivity index (χ2n) is 10.7. The van der Waals surface area contributed by atoms with E-state index in [1.807, 2.05) is 0 Å². The molecular formula is C35H53ClN2. The van der Waals surface area contributed by atoms with Crippen molar-refractivity contribution < 1.29 is 0 Å². The molecule has 0 aromatic heterocycles. The number of nitrogens with zero attached hydrogens (tertiary/aromatic N) is 1. The van der Waals surface area contributed by atoms with Crippen molar-refractivity contribution in [1.29, 1.82) is 0 Å². The Morgan fingerprint density at radius 2 is 1.74 bits per heavy atom. The van der Waals surface area contributed by atoms with Crippen molar-refractivity contribution in [3.8, 4) is 0 Å². The number of hydrogen-bond donors (Lipinski definition) is 1. The monoisotopic (exact) mass is 536 g/mol. The van der Waals surface area contributed by atoms with Gasteiger partial charge in [0.15, 0.2) is 0 Å². The molecule has 1 aliphatic carbocycles. The van der Waals surface area contributed by atoms with Gasteiger partial charge in [-0.1, -0.05) is 94.8 Å². The molecule has 0 amide bonds. The molecule has 1 atom stereocenters. The van der Waals surface area contributed by atoms with Gasteiger partial charge in [-0.2, -0.15) is 0 Å². The molecule has 0 spiro atoms. The third kappa shape index (κ3) is 12.4. The molecule has 0 fully saturated rings. The smallest absolute Gasteiger partial charge is 0.0444 e. The van der Waals surface area contributed by atoms with Crippen molar-refractivity contribution in [2.75, 3.05) is 6.54 Å². The molecule has 0 saturated heterocycles. The van der Waals surface area contributed by atoms with E-state index in [1.165, 1.54) is 33.8 Å². The number of nitrogens with one attached hydrogen (secondary N) is 1. The van der Waals surface area contributed by atoms with E-state index in [2.05, 4.69) is 139 Å². The Labute approximate surface area is 239 Å². The average Bonchev–Trinajstić information content (AvgIpc) is 2.86. The Kier molecular flexibility index (Phi) is 16.6. The summed E-state index contributed by atoms with van der Waals surface area (Å²) < 4.78 is 0. The third-order valence-corrected chi connectivity index (χ3v) is 6.44. The van der Waals surface area contributed by atoms with Gasteiger partial charge in [0.05, 0.1) is 0 Å². The summed E-state index contributed by atoms with van der Waals surface area (Å²) >= 11 is 6.57. The van der Waals surface area contributed by atoms with Crippen LogP contribution in [0.15, 0.2) is 89.5 Å². The van der Waals surface area contributed by atoms with E-state index in [9.17, 15) is 0 Å². The molecule has 38 heavy (non-hydrogen) atoms. The SMILES string of the molecule is CC(C)C.C\C=C/C=C(\C=C/C)N(CC(CC)NC(=CCC)Cc1ccc(C)cc1Cl)C1=CCCC=C1C. The Balaban J connectivity index is 0.00000168. The predicted molar refractivity (Wildman–Crippen MR) is 171 cm³/mol. The molecule has 0 saturated carbocycles. The van der Waals surface area contributed by atoms with Crippen LogP contribution in [0, 0.1) is 12.8 Å². The van der Waals surface area contributed by atoms with Gasteiger partial charge in [-0.15, -0.1) is 0 Å². The minimum absolute atomic E-state index is 0.303. The van der Waals surface area contributed by atoms with Gasteiger partial charge in [-0.3, -0.25) is 0 Å². The molecule has 1 unspecified atom stereocenters. The number of aryl methyl sites for hydroxylation is 1. The zero-order chi connectivity index (χ0) is 28.5. The molecule has 2 nitrogen and oxygen atoms in total. The van der Waals surface area contributed by atoms with Gasteiger partial charge in [0.2, 0.25) is 0 Å². The molecule has 210 valence electrons. The second-order valence-corrected chi connectivity index (χ2v) is 11.1. The van der Waals surface area contributed by atoms with E-state index >= 15 is 0 Å². The summed E-state index contributed by atoms with van der Waals surface area (Å²) in [5.41, 5.74) is 7.50. The van der Waals surface area contributed by atoms with Crippen molar-refractivity contribution in [1.82, 2.24) is 10.2 Å². The predicted octanol–water partition coefficient (Wildman–Crippen LogP) is 10.5. The summed E-state index contributed by atoms with van der Waals surface area (Å²) in [6.07, 6.45) is 22.9. The zero-order valence-corrected chi connectivity index (χ0v) is 26.3. The maximum absolute atomic E-state index is 6.57. The van der Waals surface area contributed by atoms with Crippen LogP contribution in [-0.2, 0) is 6.42 Å². The third-order valence-electron chi connectivity index (χ3n) is 6.08. The topological polar surface area (TPSA) is 15.3 Å². The van der Waals surface area contributed by atoms with Crippen molar-refractivity contribution >= 4 is 11.6 Å². The van der Waals surface area contributed by atoms with Gasteiger partial charge < -0.3 is 10.2 Å². The maximum Gasteiger partial charge on any atom is 0.0444 e. The van der Waals surface area contributed by atoms with E-state index < -0.39 is 0 Å². The van der Waals surface area contributed by atoms with Crippen LogP contribution < -0.4 is 5.32 Å². The van der Waals surface area contributed by atoms with Crippen LogP contribution in [-0.4, -0.2) is 17.5 Å². The average molecular weight is 537 g/mol. The minimum atomic E-state index is 0.303. The number of hydrogen-bond acceptors (Lipinski definition) is 2. The van der Waals surface area contributed by atoms with Crippen LogP contribution in [0.5, 0.6) is 0 Å². The fraction of sp³-hybridized carbons (Fsp3) is 0.486. The van der Waals surface area contributed by atoms with Gasteiger partial charge in [0.1, 0.15) is 0 Å². The lowest BCUT2D eigenvalue weighted by Crippen LogP contribution is -2.40. The van der Waals surface area contributed by atoms with Crippen molar-refractivity contribution in [3.63, 3.8) is 0 Å². The van der Waals surface area contributed by atoms with E-state index in [0.29, 0.717) is 6.04 Å². The highest BCUT2D eigenvalue weighted by molar-refractivity contribution is 6.31. The van der Waals surface area contributed by atoms with E-state index in [1.54, 1.807) is 0 Å². The molecule has 1 aliphatic rings.